The lowest BCUT2D eigenvalue weighted by atomic mass is 9.92. The monoisotopic (exact) mass is 289 g/mol. The highest BCUT2D eigenvalue weighted by Crippen LogP contribution is 2.27. The molecule has 1 fully saturated rings. The minimum atomic E-state index is 0.0547. The van der Waals surface area contributed by atoms with Crippen LogP contribution in [-0.2, 0) is 23.7 Å². The van der Waals surface area contributed by atoms with E-state index in [4.69, 9.17) is 9.84 Å². The van der Waals surface area contributed by atoms with Crippen LogP contribution >= 0.6 is 0 Å². The van der Waals surface area contributed by atoms with Crippen LogP contribution in [0.4, 0.5) is 11.8 Å². The molecule has 21 heavy (non-hydrogen) atoms. The van der Waals surface area contributed by atoms with Crippen LogP contribution in [0, 0.1) is 5.92 Å². The van der Waals surface area contributed by atoms with E-state index in [1.165, 1.54) is 5.69 Å². The van der Waals surface area contributed by atoms with E-state index in [0.717, 1.165) is 31.5 Å². The highest BCUT2D eigenvalue weighted by atomic mass is 16.5. The summed E-state index contributed by atoms with van der Waals surface area (Å²) in [6.07, 6.45) is 3.69. The molecule has 6 heteroatoms. The van der Waals surface area contributed by atoms with Gasteiger partial charge in [0.1, 0.15) is 0 Å². The lowest BCUT2D eigenvalue weighted by molar-refractivity contribution is -0.0414. The maximum atomic E-state index is 5.27. The Hall–Kier alpha value is -1.82. The summed E-state index contributed by atoms with van der Waals surface area (Å²) in [7, 11) is 1.96. The van der Waals surface area contributed by atoms with Gasteiger partial charge in [-0.2, -0.15) is 5.10 Å². The predicted octanol–water partition coefficient (Wildman–Crippen LogP) is 2.30. The molecule has 0 radical (unpaired) electrons. The van der Waals surface area contributed by atoms with Crippen molar-refractivity contribution in [3.63, 3.8) is 0 Å². The van der Waals surface area contributed by atoms with Crippen molar-refractivity contribution < 1.29 is 4.74 Å². The van der Waals surface area contributed by atoms with Crippen molar-refractivity contribution in [2.45, 2.75) is 32.7 Å². The zero-order valence-corrected chi connectivity index (χ0v) is 13.1. The second-order valence-electron chi connectivity index (χ2n) is 6.74. The first-order chi connectivity index (χ1) is 9.93. The normalized spacial score (nSPS) is 16.0. The number of aromatic nitrogens is 4. The van der Waals surface area contributed by atoms with Crippen LogP contribution in [0.5, 0.6) is 0 Å². The molecule has 6 nitrogen and oxygen atoms in total. The molecule has 0 atom stereocenters. The van der Waals surface area contributed by atoms with Gasteiger partial charge in [-0.05, 0) is 0 Å². The maximum absolute atomic E-state index is 5.27. The topological polar surface area (TPSA) is 56.9 Å². The fourth-order valence-corrected chi connectivity index (χ4v) is 2.46. The number of rotatable bonds is 4. The van der Waals surface area contributed by atoms with Gasteiger partial charge in [-0.1, -0.05) is 20.8 Å². The van der Waals surface area contributed by atoms with Crippen LogP contribution in [-0.4, -0.2) is 32.5 Å². The second kappa shape index (κ2) is 5.18. The van der Waals surface area contributed by atoms with Crippen molar-refractivity contribution in [3.05, 3.63) is 24.2 Å². The molecule has 0 amide bonds. The number of aryl methyl sites for hydroxylation is 1. The van der Waals surface area contributed by atoms with Gasteiger partial charge < -0.3 is 14.6 Å². The van der Waals surface area contributed by atoms with Crippen molar-refractivity contribution in [1.29, 1.82) is 0 Å². The van der Waals surface area contributed by atoms with Gasteiger partial charge in [0.25, 0.3) is 0 Å². The molecule has 0 bridgehead atoms. The van der Waals surface area contributed by atoms with Gasteiger partial charge in [0, 0.05) is 49.1 Å². The highest BCUT2D eigenvalue weighted by molar-refractivity contribution is 5.49. The van der Waals surface area contributed by atoms with Gasteiger partial charge in [0.15, 0.2) is 5.82 Å². The molecule has 1 saturated heterocycles. The van der Waals surface area contributed by atoms with Gasteiger partial charge in [-0.25, -0.2) is 4.98 Å². The van der Waals surface area contributed by atoms with Crippen LogP contribution in [0.3, 0.4) is 0 Å². The van der Waals surface area contributed by atoms with Crippen LogP contribution < -0.4 is 5.32 Å². The third-order valence-corrected chi connectivity index (χ3v) is 3.75. The van der Waals surface area contributed by atoms with E-state index in [-0.39, 0.29) is 5.41 Å². The highest BCUT2D eigenvalue weighted by Gasteiger charge is 2.25. The molecule has 1 aliphatic heterocycles. The Morgan fingerprint density at radius 2 is 2.14 bits per heavy atom. The predicted molar refractivity (Wildman–Crippen MR) is 81.7 cm³/mol. The molecule has 2 aromatic heterocycles. The molecule has 0 aliphatic carbocycles. The first kappa shape index (κ1) is 14.1. The first-order valence-corrected chi connectivity index (χ1v) is 7.34. The third-order valence-electron chi connectivity index (χ3n) is 3.75. The summed E-state index contributed by atoms with van der Waals surface area (Å²) in [5.74, 6) is 2.22. The summed E-state index contributed by atoms with van der Waals surface area (Å²) in [4.78, 5) is 4.28. The first-order valence-electron chi connectivity index (χ1n) is 7.34. The maximum Gasteiger partial charge on any atom is 0.208 e. The number of anilines is 2. The van der Waals surface area contributed by atoms with Crippen molar-refractivity contribution in [2.24, 2.45) is 13.0 Å². The average Bonchev–Trinajstić information content (AvgIpc) is 2.91. The number of hydrogen-bond acceptors (Lipinski definition) is 4. The number of nitrogens with zero attached hydrogens (tertiary/aromatic N) is 4. The molecule has 0 saturated carbocycles. The molecule has 0 spiro atoms. The van der Waals surface area contributed by atoms with E-state index < -0.39 is 0 Å². The van der Waals surface area contributed by atoms with Crippen LogP contribution in [0.15, 0.2) is 18.5 Å². The summed E-state index contributed by atoms with van der Waals surface area (Å²) in [5.41, 5.74) is 1.28. The third kappa shape index (κ3) is 2.95. The van der Waals surface area contributed by atoms with Crippen LogP contribution in [0.2, 0.25) is 0 Å². The Morgan fingerprint density at radius 3 is 2.67 bits per heavy atom. The average molecular weight is 289 g/mol. The van der Waals surface area contributed by atoms with Crippen molar-refractivity contribution in [2.75, 3.05) is 18.5 Å². The molecule has 0 aromatic carbocycles. The van der Waals surface area contributed by atoms with E-state index in [9.17, 15) is 0 Å². The molecule has 114 valence electrons. The van der Waals surface area contributed by atoms with Gasteiger partial charge >= 0.3 is 0 Å². The lowest BCUT2D eigenvalue weighted by Crippen LogP contribution is -2.33. The molecule has 1 aliphatic rings. The van der Waals surface area contributed by atoms with Gasteiger partial charge in [-0.15, -0.1) is 0 Å². The van der Waals surface area contributed by atoms with Crippen LogP contribution in [0.25, 0.3) is 0 Å². The molecular weight excluding hydrogens is 266 g/mol. The Morgan fingerprint density at radius 1 is 1.38 bits per heavy atom. The van der Waals surface area contributed by atoms with E-state index in [0.29, 0.717) is 5.92 Å². The number of nitrogens with one attached hydrogen (secondary N) is 1. The number of hydrogen-bond donors (Lipinski definition) is 1. The summed E-state index contributed by atoms with van der Waals surface area (Å²) in [6, 6.07) is 2.12. The number of imidazole rings is 1. The van der Waals surface area contributed by atoms with Crippen molar-refractivity contribution in [3.8, 4) is 0 Å². The molecule has 2 aromatic rings. The Kier molecular flexibility index (Phi) is 3.49. The van der Waals surface area contributed by atoms with Crippen LogP contribution in [0.1, 0.15) is 26.5 Å². The fourth-order valence-electron chi connectivity index (χ4n) is 2.46. The SMILES string of the molecule is Cn1ccnc1Nc1cc(C(C)(C)C)n(CC2COC2)n1. The Labute approximate surface area is 125 Å². The summed E-state index contributed by atoms with van der Waals surface area (Å²) in [6.45, 7) is 9.22. The molecule has 1 N–H and O–H groups in total. The molecule has 3 heterocycles. The second-order valence-corrected chi connectivity index (χ2v) is 6.74. The summed E-state index contributed by atoms with van der Waals surface area (Å²) in [5, 5.41) is 7.99. The van der Waals surface area contributed by atoms with Gasteiger partial charge in [0.2, 0.25) is 5.95 Å². The fraction of sp³-hybridized carbons (Fsp3) is 0.600. The van der Waals surface area contributed by atoms with Crippen molar-refractivity contribution in [1.82, 2.24) is 19.3 Å². The van der Waals surface area contributed by atoms with E-state index in [2.05, 4.69) is 41.8 Å². The quantitative estimate of drug-likeness (QED) is 0.938. The zero-order valence-electron chi connectivity index (χ0n) is 13.1. The van der Waals surface area contributed by atoms with E-state index in [1.54, 1.807) is 6.20 Å². The molecular formula is C15H23N5O. The standard InChI is InChI=1S/C15H23N5O/c1-15(2,3)12-7-13(17-14-16-5-6-19(14)4)18-20(12)8-11-9-21-10-11/h5-7,11H,8-10H2,1-4H3,(H,16,17,18). The summed E-state index contributed by atoms with van der Waals surface area (Å²) >= 11 is 0. The van der Waals surface area contributed by atoms with Crippen molar-refractivity contribution >= 4 is 11.8 Å². The smallest absolute Gasteiger partial charge is 0.208 e. The summed E-state index contributed by atoms with van der Waals surface area (Å²) < 4.78 is 9.32. The minimum absolute atomic E-state index is 0.0547. The Bertz CT molecular complexity index is 618. The molecule has 0 unspecified atom stereocenters. The number of ether oxygens (including phenoxy) is 1. The van der Waals surface area contributed by atoms with E-state index >= 15 is 0 Å². The Balaban J connectivity index is 1.85. The lowest BCUT2D eigenvalue weighted by Gasteiger charge is -2.28. The minimum Gasteiger partial charge on any atom is -0.381 e. The van der Waals surface area contributed by atoms with Gasteiger partial charge in [-0.3, -0.25) is 4.68 Å². The largest absolute Gasteiger partial charge is 0.381 e. The zero-order chi connectivity index (χ0) is 15.0. The molecule has 3 rings (SSSR count). The van der Waals surface area contributed by atoms with Gasteiger partial charge in [0.05, 0.1) is 13.2 Å². The van der Waals surface area contributed by atoms with E-state index in [1.807, 2.05) is 17.8 Å².